The van der Waals surface area contributed by atoms with Crippen LogP contribution in [-0.2, 0) is 6.42 Å². The van der Waals surface area contributed by atoms with Gasteiger partial charge in [-0.2, -0.15) is 0 Å². The average molecular weight is 288 g/mol. The van der Waals surface area contributed by atoms with Crippen LogP contribution in [0.15, 0.2) is 42.5 Å². The molecule has 0 spiro atoms. The number of carboxylic acid groups (broad SMARTS) is 1. The fraction of sp³-hybridized carbons (Fsp3) is 0.235. The van der Waals surface area contributed by atoms with Gasteiger partial charge in [0.15, 0.2) is 11.6 Å². The Morgan fingerprint density at radius 3 is 2.52 bits per heavy atom. The molecule has 3 nitrogen and oxygen atoms in total. The molecular formula is C17H17FO3. The molecule has 0 unspecified atom stereocenters. The number of aryl methyl sites for hydroxylation is 1. The Balaban J connectivity index is 2.20. The molecule has 1 N–H and O–H groups in total. The molecule has 2 aromatic carbocycles. The topological polar surface area (TPSA) is 46.5 Å². The van der Waals surface area contributed by atoms with E-state index in [0.717, 1.165) is 19.3 Å². The van der Waals surface area contributed by atoms with Gasteiger partial charge in [0, 0.05) is 0 Å². The smallest absolute Gasteiger partial charge is 0.339 e. The number of hydrogen-bond acceptors (Lipinski definition) is 2. The van der Waals surface area contributed by atoms with Gasteiger partial charge in [-0.3, -0.25) is 0 Å². The van der Waals surface area contributed by atoms with Crippen molar-refractivity contribution in [2.75, 3.05) is 0 Å². The number of ether oxygens (including phenoxy) is 1. The summed E-state index contributed by atoms with van der Waals surface area (Å²) >= 11 is 0. The standard InChI is InChI=1S/C17H17FO3/c1-2-3-5-12-8-10-13(11-9-12)21-16-14(17(19)20)6-4-7-15(16)18/h4,6-11H,2-3,5H2,1H3,(H,19,20). The lowest BCUT2D eigenvalue weighted by Crippen LogP contribution is -2.02. The van der Waals surface area contributed by atoms with Crippen molar-refractivity contribution in [1.29, 1.82) is 0 Å². The molecule has 0 bridgehead atoms. The summed E-state index contributed by atoms with van der Waals surface area (Å²) in [6.45, 7) is 2.13. The highest BCUT2D eigenvalue weighted by Crippen LogP contribution is 2.28. The molecule has 0 fully saturated rings. The summed E-state index contributed by atoms with van der Waals surface area (Å²) < 4.78 is 19.2. The zero-order valence-corrected chi connectivity index (χ0v) is 11.8. The molecule has 0 aliphatic carbocycles. The Hall–Kier alpha value is -2.36. The van der Waals surface area contributed by atoms with Crippen molar-refractivity contribution in [1.82, 2.24) is 0 Å². The van der Waals surface area contributed by atoms with E-state index in [-0.39, 0.29) is 11.3 Å². The van der Waals surface area contributed by atoms with E-state index in [2.05, 4.69) is 6.92 Å². The van der Waals surface area contributed by atoms with Gasteiger partial charge < -0.3 is 9.84 Å². The van der Waals surface area contributed by atoms with Gasteiger partial charge in [0.2, 0.25) is 0 Å². The number of unbranched alkanes of at least 4 members (excludes halogenated alkanes) is 1. The van der Waals surface area contributed by atoms with Crippen LogP contribution in [0.5, 0.6) is 11.5 Å². The fourth-order valence-electron chi connectivity index (χ4n) is 2.00. The molecule has 4 heteroatoms. The molecule has 0 aliphatic heterocycles. The Morgan fingerprint density at radius 1 is 1.19 bits per heavy atom. The van der Waals surface area contributed by atoms with Crippen molar-refractivity contribution in [3.8, 4) is 11.5 Å². The van der Waals surface area contributed by atoms with E-state index in [9.17, 15) is 9.18 Å². The Morgan fingerprint density at radius 2 is 1.90 bits per heavy atom. The first kappa shape index (κ1) is 15.0. The summed E-state index contributed by atoms with van der Waals surface area (Å²) in [5.41, 5.74) is 0.987. The Labute approximate surface area is 123 Å². The second kappa shape index (κ2) is 6.88. The summed E-state index contributed by atoms with van der Waals surface area (Å²) in [5, 5.41) is 9.06. The van der Waals surface area contributed by atoms with Crippen molar-refractivity contribution in [2.45, 2.75) is 26.2 Å². The monoisotopic (exact) mass is 288 g/mol. The quantitative estimate of drug-likeness (QED) is 0.841. The summed E-state index contributed by atoms with van der Waals surface area (Å²) in [6, 6.07) is 11.1. The van der Waals surface area contributed by atoms with Crippen molar-refractivity contribution in [3.63, 3.8) is 0 Å². The average Bonchev–Trinajstić information content (AvgIpc) is 2.48. The zero-order chi connectivity index (χ0) is 15.2. The molecular weight excluding hydrogens is 271 g/mol. The third-order valence-corrected chi connectivity index (χ3v) is 3.16. The van der Waals surface area contributed by atoms with Crippen LogP contribution in [0.1, 0.15) is 35.7 Å². The number of aromatic carboxylic acids is 1. The largest absolute Gasteiger partial charge is 0.478 e. The van der Waals surface area contributed by atoms with Crippen molar-refractivity contribution in [2.24, 2.45) is 0 Å². The predicted molar refractivity (Wildman–Crippen MR) is 78.5 cm³/mol. The van der Waals surface area contributed by atoms with Crippen LogP contribution in [-0.4, -0.2) is 11.1 Å². The lowest BCUT2D eigenvalue weighted by Gasteiger charge is -2.10. The molecule has 21 heavy (non-hydrogen) atoms. The van der Waals surface area contributed by atoms with Gasteiger partial charge in [0.25, 0.3) is 0 Å². The molecule has 0 aromatic heterocycles. The molecule has 0 saturated heterocycles. The second-order valence-corrected chi connectivity index (χ2v) is 4.77. The normalized spacial score (nSPS) is 10.4. The number of halogens is 1. The minimum absolute atomic E-state index is 0.190. The number of hydrogen-bond donors (Lipinski definition) is 1. The van der Waals surface area contributed by atoms with Gasteiger partial charge in [-0.1, -0.05) is 31.5 Å². The van der Waals surface area contributed by atoms with E-state index in [0.29, 0.717) is 5.75 Å². The number of carbonyl (C=O) groups is 1. The molecule has 0 aliphatic rings. The molecule has 0 amide bonds. The van der Waals surface area contributed by atoms with Crippen molar-refractivity contribution < 1.29 is 19.0 Å². The lowest BCUT2D eigenvalue weighted by molar-refractivity contribution is 0.0693. The molecule has 2 rings (SSSR count). The number of carboxylic acids is 1. The van der Waals surface area contributed by atoms with Crippen LogP contribution in [0.25, 0.3) is 0 Å². The predicted octanol–water partition coefficient (Wildman–Crippen LogP) is 4.66. The number of para-hydroxylation sites is 1. The van der Waals surface area contributed by atoms with Gasteiger partial charge >= 0.3 is 5.97 Å². The molecule has 0 radical (unpaired) electrons. The maximum absolute atomic E-state index is 13.8. The van der Waals surface area contributed by atoms with Crippen LogP contribution in [0, 0.1) is 5.82 Å². The molecule has 0 heterocycles. The minimum Gasteiger partial charge on any atom is -0.478 e. The summed E-state index contributed by atoms with van der Waals surface area (Å²) in [6.07, 6.45) is 3.21. The molecule has 0 saturated carbocycles. The van der Waals surface area contributed by atoms with Gasteiger partial charge in [-0.05, 0) is 42.7 Å². The van der Waals surface area contributed by atoms with Gasteiger partial charge in [-0.15, -0.1) is 0 Å². The SMILES string of the molecule is CCCCc1ccc(Oc2c(F)cccc2C(=O)O)cc1. The summed E-state index contributed by atoms with van der Waals surface area (Å²) in [4.78, 5) is 11.1. The highest BCUT2D eigenvalue weighted by molar-refractivity contribution is 5.91. The second-order valence-electron chi connectivity index (χ2n) is 4.77. The third-order valence-electron chi connectivity index (χ3n) is 3.16. The third kappa shape index (κ3) is 3.81. The van der Waals surface area contributed by atoms with E-state index in [1.807, 2.05) is 12.1 Å². The molecule has 110 valence electrons. The Bertz CT molecular complexity index is 620. The van der Waals surface area contributed by atoms with Crippen LogP contribution in [0.4, 0.5) is 4.39 Å². The highest BCUT2D eigenvalue weighted by atomic mass is 19.1. The van der Waals surface area contributed by atoms with Gasteiger partial charge in [0.1, 0.15) is 11.3 Å². The van der Waals surface area contributed by atoms with E-state index in [1.54, 1.807) is 12.1 Å². The van der Waals surface area contributed by atoms with Crippen LogP contribution in [0.2, 0.25) is 0 Å². The van der Waals surface area contributed by atoms with Crippen molar-refractivity contribution in [3.05, 3.63) is 59.4 Å². The first-order valence-corrected chi connectivity index (χ1v) is 6.90. The number of rotatable bonds is 6. The maximum atomic E-state index is 13.8. The lowest BCUT2D eigenvalue weighted by atomic mass is 10.1. The van der Waals surface area contributed by atoms with Gasteiger partial charge in [0.05, 0.1) is 0 Å². The van der Waals surface area contributed by atoms with Crippen LogP contribution in [0.3, 0.4) is 0 Å². The van der Waals surface area contributed by atoms with Crippen LogP contribution < -0.4 is 4.74 Å². The van der Waals surface area contributed by atoms with E-state index >= 15 is 0 Å². The molecule has 0 atom stereocenters. The molecule has 2 aromatic rings. The Kier molecular flexibility index (Phi) is 4.93. The van der Waals surface area contributed by atoms with Gasteiger partial charge in [-0.25, -0.2) is 9.18 Å². The zero-order valence-electron chi connectivity index (χ0n) is 11.8. The summed E-state index contributed by atoms with van der Waals surface area (Å²) in [7, 11) is 0. The maximum Gasteiger partial charge on any atom is 0.339 e. The van der Waals surface area contributed by atoms with E-state index < -0.39 is 11.8 Å². The number of benzene rings is 2. The van der Waals surface area contributed by atoms with E-state index in [1.165, 1.54) is 23.8 Å². The first-order valence-electron chi connectivity index (χ1n) is 6.90. The summed E-state index contributed by atoms with van der Waals surface area (Å²) in [5.74, 6) is -1.75. The highest BCUT2D eigenvalue weighted by Gasteiger charge is 2.16. The van der Waals surface area contributed by atoms with E-state index in [4.69, 9.17) is 9.84 Å². The van der Waals surface area contributed by atoms with Crippen molar-refractivity contribution >= 4 is 5.97 Å². The van der Waals surface area contributed by atoms with Crippen LogP contribution >= 0.6 is 0 Å². The first-order chi connectivity index (χ1) is 10.1. The minimum atomic E-state index is -1.22. The fourth-order valence-corrected chi connectivity index (χ4v) is 2.00.